The van der Waals surface area contributed by atoms with E-state index in [4.69, 9.17) is 15.5 Å². The third-order valence-corrected chi connectivity index (χ3v) is 11.9. The van der Waals surface area contributed by atoms with Crippen molar-refractivity contribution in [3.8, 4) is 0 Å². The van der Waals surface area contributed by atoms with Crippen LogP contribution in [-0.4, -0.2) is 61.9 Å². The minimum atomic E-state index is -8.66. The van der Waals surface area contributed by atoms with Crippen LogP contribution in [0.4, 0.5) is 74.6 Å². The van der Waals surface area contributed by atoms with Crippen LogP contribution in [0.3, 0.4) is 0 Å². The van der Waals surface area contributed by atoms with Gasteiger partial charge in [-0.2, -0.15) is 74.6 Å². The third kappa shape index (κ3) is 5.38. The molecule has 0 saturated carbocycles. The van der Waals surface area contributed by atoms with Crippen molar-refractivity contribution in [2.24, 2.45) is 0 Å². The van der Waals surface area contributed by atoms with Gasteiger partial charge in [0.25, 0.3) is 0 Å². The summed E-state index contributed by atoms with van der Waals surface area (Å²) >= 11 is 6.41. The Bertz CT molecular complexity index is 1020. The van der Waals surface area contributed by atoms with E-state index in [-0.39, 0.29) is 5.19 Å². The van der Waals surface area contributed by atoms with Gasteiger partial charge in [0.2, 0.25) is 0 Å². The Morgan fingerprint density at radius 1 is 0.575 bits per heavy atom. The minimum absolute atomic E-state index is 0.114. The maximum absolute atomic E-state index is 14.2. The lowest BCUT2D eigenvalue weighted by atomic mass is 9.88. The normalized spacial score (nSPS) is 17.1. The van der Waals surface area contributed by atoms with Crippen molar-refractivity contribution in [2.45, 2.75) is 79.9 Å². The molecule has 0 aromatic heterocycles. The van der Waals surface area contributed by atoms with Gasteiger partial charge >= 0.3 is 55.3 Å². The largest absolute Gasteiger partial charge is 0.460 e. The van der Waals surface area contributed by atoms with Crippen LogP contribution < -0.4 is 5.19 Å². The zero-order valence-electron chi connectivity index (χ0n) is 20.0. The summed E-state index contributed by atoms with van der Waals surface area (Å²) in [5, 5.41) is -1.05. The Morgan fingerprint density at radius 2 is 0.925 bits per heavy atom. The summed E-state index contributed by atoms with van der Waals surface area (Å²) in [7, 11) is -4.01. The van der Waals surface area contributed by atoms with Crippen LogP contribution in [0.2, 0.25) is 5.04 Å². The summed E-state index contributed by atoms with van der Waals surface area (Å²) in [5.41, 5.74) is 0. The summed E-state index contributed by atoms with van der Waals surface area (Å²) in [5.74, 6) is -56.6. The van der Waals surface area contributed by atoms with Gasteiger partial charge < -0.3 is 4.43 Å². The van der Waals surface area contributed by atoms with Gasteiger partial charge in [0.1, 0.15) is 0 Å². The van der Waals surface area contributed by atoms with Crippen LogP contribution in [-0.2, 0) is 4.43 Å². The van der Waals surface area contributed by atoms with Crippen molar-refractivity contribution in [3.63, 3.8) is 0 Å². The molecule has 0 aliphatic rings. The Balaban J connectivity index is 3.44. The van der Waals surface area contributed by atoms with Crippen LogP contribution in [0.25, 0.3) is 0 Å². The lowest BCUT2D eigenvalue weighted by molar-refractivity contribution is -0.461. The van der Waals surface area contributed by atoms with Crippen molar-refractivity contribution in [1.82, 2.24) is 0 Å². The molecule has 0 radical (unpaired) electrons. The molecule has 1 unspecified atom stereocenters. The number of rotatable bonds is 11. The van der Waals surface area contributed by atoms with Crippen LogP contribution in [0.5, 0.6) is 0 Å². The number of hydrogen-bond donors (Lipinski definition) is 0. The highest BCUT2D eigenvalue weighted by Crippen LogP contribution is 2.64. The molecule has 1 rings (SSSR count). The Hall–Kier alpha value is -1.50. The third-order valence-electron chi connectivity index (χ3n) is 5.61. The molecule has 20 heteroatoms. The monoisotopic (exact) mass is 660 g/mol. The van der Waals surface area contributed by atoms with E-state index in [1.54, 1.807) is 0 Å². The fraction of sp³-hybridized carbons (Fsp3) is 0.700. The van der Waals surface area contributed by atoms with E-state index in [1.807, 2.05) is 0 Å². The summed E-state index contributed by atoms with van der Waals surface area (Å²) in [6.07, 6.45) is -10.5. The second-order valence-electron chi connectivity index (χ2n) is 9.46. The van der Waals surface area contributed by atoms with Gasteiger partial charge in [-0.1, -0.05) is 51.1 Å². The van der Waals surface area contributed by atoms with E-state index in [9.17, 15) is 74.6 Å². The molecule has 0 bridgehead atoms. The van der Waals surface area contributed by atoms with Crippen LogP contribution in [0, 0.1) is 0 Å². The number of benzene rings is 1. The molecule has 0 heterocycles. The van der Waals surface area contributed by atoms with Gasteiger partial charge in [-0.05, 0) is 10.2 Å². The molecule has 1 aromatic carbocycles. The van der Waals surface area contributed by atoms with Crippen LogP contribution in [0.15, 0.2) is 30.3 Å². The summed E-state index contributed by atoms with van der Waals surface area (Å²) in [6, 6.07) is 6.80. The Morgan fingerprint density at radius 3 is 1.27 bits per heavy atom. The van der Waals surface area contributed by atoms with Crippen molar-refractivity contribution in [3.05, 3.63) is 30.3 Å². The zero-order valence-corrected chi connectivity index (χ0v) is 21.8. The van der Waals surface area contributed by atoms with Gasteiger partial charge in [0.05, 0.1) is 0 Å². The molecule has 0 saturated heterocycles. The fourth-order valence-corrected chi connectivity index (χ4v) is 6.14. The highest BCUT2D eigenvalue weighted by atomic mass is 35.6. The summed E-state index contributed by atoms with van der Waals surface area (Å²) in [4.78, 5) is 0. The highest BCUT2D eigenvalue weighted by Gasteiger charge is 2.95. The molecule has 234 valence electrons. The molecule has 1 atom stereocenters. The first-order chi connectivity index (χ1) is 17.3. The molecule has 0 aliphatic heterocycles. The second kappa shape index (κ2) is 10.3. The van der Waals surface area contributed by atoms with E-state index in [0.717, 1.165) is 0 Å². The molecular formula is C20H18ClF17OSi. The van der Waals surface area contributed by atoms with E-state index >= 15 is 0 Å². The number of halogens is 18. The molecule has 0 spiro atoms. The molecule has 0 amide bonds. The van der Waals surface area contributed by atoms with Crippen molar-refractivity contribution < 1.29 is 79.1 Å². The minimum Gasteiger partial charge on any atom is -0.399 e. The van der Waals surface area contributed by atoms with Gasteiger partial charge in [0, 0.05) is 13.0 Å². The standard InChI is InChI=1S/C20H18ClF17OSi/c1-12(2,3)40(21,11-7-5-4-6-8-11)39-10-9-13(22,23)14(24,25)15(26,27)16(28,29)17(30,31)18(32,33)19(34,35)20(36,37)38/h4-8H,9-10H2,1-3H3. The molecule has 0 N–H and O–H groups in total. The van der Waals surface area contributed by atoms with E-state index < -0.39 is 73.3 Å². The van der Waals surface area contributed by atoms with Crippen LogP contribution in [0.1, 0.15) is 27.2 Å². The molecule has 1 nitrogen and oxygen atoms in total. The Kier molecular flexibility index (Phi) is 9.44. The quantitative estimate of drug-likeness (QED) is 0.131. The van der Waals surface area contributed by atoms with E-state index in [2.05, 4.69) is 0 Å². The predicted octanol–water partition coefficient (Wildman–Crippen LogP) is 8.79. The van der Waals surface area contributed by atoms with E-state index in [0.29, 0.717) is 0 Å². The van der Waals surface area contributed by atoms with Gasteiger partial charge in [-0.25, -0.2) is 0 Å². The number of alkyl halides is 17. The summed E-state index contributed by atoms with van der Waals surface area (Å²) in [6.45, 7) is 2.38. The molecular weight excluding hydrogens is 643 g/mol. The lowest BCUT2D eigenvalue weighted by Crippen LogP contribution is -2.74. The SMILES string of the molecule is CC(C)(C)[Si](Cl)(OCCC(F)(F)C(F)(F)C(F)(F)C(F)(F)C(F)(F)C(F)(F)C(F)(F)C(F)(F)F)c1ccccc1. The average Bonchev–Trinajstić information content (AvgIpc) is 2.77. The van der Waals surface area contributed by atoms with Gasteiger partial charge in [-0.15, -0.1) is 11.1 Å². The molecule has 0 aliphatic carbocycles. The van der Waals surface area contributed by atoms with Gasteiger partial charge in [0.15, 0.2) is 0 Å². The first-order valence-electron chi connectivity index (χ1n) is 10.4. The molecule has 0 fully saturated rings. The first-order valence-corrected chi connectivity index (χ1v) is 13.3. The van der Waals surface area contributed by atoms with Crippen molar-refractivity contribution >= 4 is 23.9 Å². The average molecular weight is 661 g/mol. The summed E-state index contributed by atoms with van der Waals surface area (Å²) < 4.78 is 233. The van der Waals surface area contributed by atoms with Crippen molar-refractivity contribution in [1.29, 1.82) is 0 Å². The topological polar surface area (TPSA) is 9.23 Å². The molecule has 1 aromatic rings. The maximum Gasteiger partial charge on any atom is 0.460 e. The van der Waals surface area contributed by atoms with E-state index in [1.165, 1.54) is 51.1 Å². The van der Waals surface area contributed by atoms with Gasteiger partial charge in [-0.3, -0.25) is 0 Å². The lowest BCUT2D eigenvalue weighted by Gasteiger charge is -2.43. The van der Waals surface area contributed by atoms with Crippen molar-refractivity contribution in [2.75, 3.05) is 6.61 Å². The highest BCUT2D eigenvalue weighted by molar-refractivity contribution is 7.25. The Labute approximate surface area is 220 Å². The fourth-order valence-electron chi connectivity index (χ4n) is 3.06. The maximum atomic E-state index is 14.2. The van der Waals surface area contributed by atoms with Crippen LogP contribution >= 0.6 is 11.1 Å². The smallest absolute Gasteiger partial charge is 0.399 e. The molecule has 40 heavy (non-hydrogen) atoms. The first kappa shape index (κ1) is 36.5. The predicted molar refractivity (Wildman–Crippen MR) is 109 cm³/mol. The number of hydrogen-bond acceptors (Lipinski definition) is 1. The zero-order chi connectivity index (χ0) is 32.2. The second-order valence-corrected chi connectivity index (χ2v) is 14.6.